The second kappa shape index (κ2) is 13.1. The Morgan fingerprint density at radius 1 is 0.614 bits per heavy atom. The fourth-order valence-corrected chi connectivity index (χ4v) is 8.83. The van der Waals surface area contributed by atoms with Crippen molar-refractivity contribution in [3.05, 3.63) is 78.9 Å². The maximum absolute atomic E-state index is 13.3. The molecule has 0 N–H and O–H groups in total. The number of carbonyl (C=O) groups is 2. The predicted molar refractivity (Wildman–Crippen MR) is 156 cm³/mol. The van der Waals surface area contributed by atoms with E-state index in [-0.39, 0.29) is 26.2 Å². The molecule has 0 aromatic heterocycles. The lowest BCUT2D eigenvalue weighted by Gasteiger charge is -2.39. The van der Waals surface area contributed by atoms with E-state index >= 15 is 0 Å². The smallest absolute Gasteiger partial charge is 0.428 e. The minimum absolute atomic E-state index is 0.0311. The minimum atomic E-state index is -5.24. The molecule has 9 nitrogen and oxygen atoms in total. The van der Waals surface area contributed by atoms with E-state index in [0.29, 0.717) is 0 Å². The summed E-state index contributed by atoms with van der Waals surface area (Å²) in [6.07, 6.45) is -7.07. The molecule has 0 aliphatic carbocycles. The van der Waals surface area contributed by atoms with E-state index < -0.39 is 55.9 Å². The van der Waals surface area contributed by atoms with Crippen molar-refractivity contribution in [3.63, 3.8) is 0 Å². The van der Waals surface area contributed by atoms with Crippen LogP contribution in [0, 0.1) is 0 Å². The zero-order chi connectivity index (χ0) is 33.0. The summed E-state index contributed by atoms with van der Waals surface area (Å²) in [5.74, 6) is -2.17. The first kappa shape index (κ1) is 34.7. The first-order chi connectivity index (χ1) is 20.2. The molecule has 44 heavy (non-hydrogen) atoms. The topological polar surface area (TPSA) is 114 Å². The normalized spacial score (nSPS) is 13.1. The van der Waals surface area contributed by atoms with E-state index in [4.69, 9.17) is 22.6 Å². The molecule has 0 heterocycles. The van der Waals surface area contributed by atoms with Crippen LogP contribution in [0.25, 0.3) is 0 Å². The molecule has 0 saturated carbocycles. The summed E-state index contributed by atoms with van der Waals surface area (Å²) in [5.41, 5.74) is -1.66. The van der Waals surface area contributed by atoms with Gasteiger partial charge in [-0.2, -0.15) is 21.6 Å². The Labute approximate surface area is 255 Å². The van der Waals surface area contributed by atoms with Gasteiger partial charge in [-0.25, -0.2) is 13.2 Å². The molecule has 0 unspecified atom stereocenters. The van der Waals surface area contributed by atoms with Gasteiger partial charge in [0.05, 0.1) is 0 Å². The van der Waals surface area contributed by atoms with E-state index in [1.165, 1.54) is 60.7 Å². The summed E-state index contributed by atoms with van der Waals surface area (Å²) in [7, 11) is -8.68. The molecule has 0 spiro atoms. The van der Waals surface area contributed by atoms with Gasteiger partial charge in [-0.15, -0.1) is 0 Å². The van der Waals surface area contributed by atoms with E-state index in [1.807, 2.05) is 0 Å². The number of ether oxygens (including phenoxy) is 4. The molecule has 0 aliphatic rings. The van der Waals surface area contributed by atoms with E-state index in [2.05, 4.69) is 0 Å². The Morgan fingerprint density at radius 3 is 1.32 bits per heavy atom. The Morgan fingerprint density at radius 2 is 0.977 bits per heavy atom. The predicted octanol–water partition coefficient (Wildman–Crippen LogP) is 8.42. The van der Waals surface area contributed by atoms with Crippen molar-refractivity contribution >= 4 is 32.7 Å². The maximum atomic E-state index is 13.3. The number of hydrogen-bond acceptors (Lipinski definition) is 9. The van der Waals surface area contributed by atoms with Crippen molar-refractivity contribution < 1.29 is 53.8 Å². The van der Waals surface area contributed by atoms with Gasteiger partial charge in [0.15, 0.2) is 5.75 Å². The van der Waals surface area contributed by atoms with Crippen LogP contribution in [-0.4, -0.2) is 43.9 Å². The Bertz CT molecular complexity index is 1470. The van der Waals surface area contributed by atoms with Crippen molar-refractivity contribution in [1.82, 2.24) is 0 Å². The standard InChI is InChI=1S/C30H33F3O9S2/c1-28(2,3)40-26(34)38-21-12-16-24(17-13-21)44(23-10-8-7-9-11-23,42-43(36,37)20-30(31,32)33)25-18-14-22(15-19-25)39-27(35)41-29(4,5)6/h7-19H,20H2,1-6H3. The second-order valence-electron chi connectivity index (χ2n) is 11.3. The highest BCUT2D eigenvalue weighted by atomic mass is 32.3. The van der Waals surface area contributed by atoms with Crippen LogP contribution in [0.2, 0.25) is 0 Å². The lowest BCUT2D eigenvalue weighted by atomic mass is 10.2. The van der Waals surface area contributed by atoms with E-state index in [9.17, 15) is 31.2 Å². The van der Waals surface area contributed by atoms with Crippen LogP contribution in [0.4, 0.5) is 22.8 Å². The quantitative estimate of drug-likeness (QED) is 0.174. The fourth-order valence-electron chi connectivity index (χ4n) is 3.65. The van der Waals surface area contributed by atoms with Crippen molar-refractivity contribution in [2.45, 2.75) is 73.6 Å². The van der Waals surface area contributed by atoms with Crippen LogP contribution in [0.15, 0.2) is 93.5 Å². The van der Waals surface area contributed by atoms with Crippen LogP contribution in [0.5, 0.6) is 11.5 Å². The summed E-state index contributed by atoms with van der Waals surface area (Å²) >= 11 is 0. The van der Waals surface area contributed by atoms with Gasteiger partial charge in [0.25, 0.3) is 10.1 Å². The molecule has 240 valence electrons. The van der Waals surface area contributed by atoms with Crippen molar-refractivity contribution in [1.29, 1.82) is 0 Å². The summed E-state index contributed by atoms with van der Waals surface area (Å²) in [6.45, 7) is 9.90. The molecule has 3 aromatic rings. The molecule has 0 bridgehead atoms. The number of alkyl halides is 3. The van der Waals surface area contributed by atoms with Gasteiger partial charge < -0.3 is 18.9 Å². The molecule has 0 radical (unpaired) electrons. The third-order valence-electron chi connectivity index (χ3n) is 5.11. The number of carbonyl (C=O) groups excluding carboxylic acids is 2. The lowest BCUT2D eigenvalue weighted by Crippen LogP contribution is -2.26. The highest BCUT2D eigenvalue weighted by molar-refractivity contribution is 8.33. The molecule has 0 saturated heterocycles. The Kier molecular flexibility index (Phi) is 10.3. The lowest BCUT2D eigenvalue weighted by molar-refractivity contribution is -0.107. The van der Waals surface area contributed by atoms with Gasteiger partial charge in [-0.05, 0) is 113 Å². The first-order valence-corrected chi connectivity index (χ1v) is 16.2. The van der Waals surface area contributed by atoms with Crippen LogP contribution >= 0.6 is 10.3 Å². The van der Waals surface area contributed by atoms with Crippen molar-refractivity contribution in [2.24, 2.45) is 0 Å². The second-order valence-corrected chi connectivity index (χ2v) is 15.8. The van der Waals surface area contributed by atoms with Crippen LogP contribution in [0.3, 0.4) is 0 Å². The van der Waals surface area contributed by atoms with Crippen molar-refractivity contribution in [3.8, 4) is 11.5 Å². The fraction of sp³-hybridized carbons (Fsp3) is 0.333. The average molecular weight is 659 g/mol. The van der Waals surface area contributed by atoms with Crippen LogP contribution in [-0.2, 0) is 23.2 Å². The highest BCUT2D eigenvalue weighted by Crippen LogP contribution is 2.70. The van der Waals surface area contributed by atoms with Gasteiger partial charge in [0.2, 0.25) is 0 Å². The van der Waals surface area contributed by atoms with Gasteiger partial charge in [0, 0.05) is 14.7 Å². The molecule has 14 heteroatoms. The summed E-state index contributed by atoms with van der Waals surface area (Å²) in [4.78, 5) is 24.9. The zero-order valence-electron chi connectivity index (χ0n) is 24.8. The summed E-state index contributed by atoms with van der Waals surface area (Å²) in [6, 6.07) is 18.7. The monoisotopic (exact) mass is 658 g/mol. The molecule has 3 aromatic carbocycles. The maximum Gasteiger partial charge on any atom is 0.514 e. The number of halogens is 3. The third-order valence-corrected chi connectivity index (χ3v) is 10.2. The molecule has 0 atom stereocenters. The molecule has 0 aliphatic heterocycles. The number of hydrogen-bond donors (Lipinski definition) is 0. The molecule has 0 fully saturated rings. The minimum Gasteiger partial charge on any atom is -0.428 e. The molecular formula is C30H33F3O9S2. The zero-order valence-corrected chi connectivity index (χ0v) is 26.5. The molecule has 3 rings (SSSR count). The number of benzene rings is 3. The van der Waals surface area contributed by atoms with Gasteiger partial charge in [-0.3, -0.25) is 0 Å². The van der Waals surface area contributed by atoms with E-state index in [0.717, 1.165) is 0 Å². The first-order valence-electron chi connectivity index (χ1n) is 13.1. The summed E-state index contributed by atoms with van der Waals surface area (Å²) < 4.78 is 92.3. The van der Waals surface area contributed by atoms with Gasteiger partial charge in [0.1, 0.15) is 22.7 Å². The number of rotatable bonds is 8. The van der Waals surface area contributed by atoms with Crippen LogP contribution < -0.4 is 9.47 Å². The van der Waals surface area contributed by atoms with Gasteiger partial charge in [-0.1, -0.05) is 18.2 Å². The van der Waals surface area contributed by atoms with Crippen LogP contribution in [0.1, 0.15) is 41.5 Å². The Balaban J connectivity index is 2.15. The van der Waals surface area contributed by atoms with E-state index in [1.54, 1.807) is 59.7 Å². The highest BCUT2D eigenvalue weighted by Gasteiger charge is 2.43. The largest absolute Gasteiger partial charge is 0.514 e. The third kappa shape index (κ3) is 10.2. The molecular weight excluding hydrogens is 625 g/mol. The summed E-state index contributed by atoms with van der Waals surface area (Å²) in [5, 5.41) is 0. The van der Waals surface area contributed by atoms with Crippen molar-refractivity contribution in [2.75, 3.05) is 5.75 Å². The Hall–Kier alpha value is -3.75. The molecule has 0 amide bonds. The SMILES string of the molecule is CC(C)(C)OC(=O)Oc1ccc(S(OS(=O)(=O)CC(F)(F)F)(c2ccccc2)c2ccc(OC(=O)OC(C)(C)C)cc2)cc1. The van der Waals surface area contributed by atoms with Gasteiger partial charge >= 0.3 is 18.5 Å². The average Bonchev–Trinajstić information content (AvgIpc) is 2.85.